The summed E-state index contributed by atoms with van der Waals surface area (Å²) in [7, 11) is -3.43. The van der Waals surface area contributed by atoms with Crippen molar-refractivity contribution < 1.29 is 22.7 Å². The molecule has 3 aromatic carbocycles. The largest absolute Gasteiger partial charge is 0.493 e. The van der Waals surface area contributed by atoms with Crippen LogP contribution < -0.4 is 4.74 Å². The number of aromatic nitrogens is 2. The molecule has 232 valence electrons. The van der Waals surface area contributed by atoms with E-state index < -0.39 is 27.7 Å². The Morgan fingerprint density at radius 2 is 1.72 bits per heavy atom. The van der Waals surface area contributed by atoms with E-state index in [1.54, 1.807) is 47.3 Å². The molecule has 0 saturated carbocycles. The molecule has 2 aliphatic heterocycles. The average Bonchev–Trinajstić information content (AvgIpc) is 3.65. The predicted molar refractivity (Wildman–Crippen MR) is 175 cm³/mol. The molecular formula is C36H32N4O5S. The van der Waals surface area contributed by atoms with Gasteiger partial charge in [0, 0.05) is 22.9 Å². The molecule has 2 amide bonds. The fraction of sp³-hybridized carbons (Fsp3) is 0.222. The first-order valence-corrected chi connectivity index (χ1v) is 16.9. The number of carbonyl (C=O) groups is 2. The molecule has 0 bridgehead atoms. The van der Waals surface area contributed by atoms with E-state index >= 15 is 0 Å². The van der Waals surface area contributed by atoms with E-state index in [1.807, 2.05) is 68.4 Å². The first kappa shape index (κ1) is 30.7. The zero-order valence-electron chi connectivity index (χ0n) is 25.5. The number of amides is 2. The second kappa shape index (κ2) is 12.6. The number of imide groups is 1. The highest BCUT2D eigenvalue weighted by molar-refractivity contribution is 7.91. The number of para-hydroxylation sites is 1. The molecule has 0 aliphatic carbocycles. The van der Waals surface area contributed by atoms with Crippen molar-refractivity contribution in [3.8, 4) is 28.8 Å². The summed E-state index contributed by atoms with van der Waals surface area (Å²) in [6.45, 7) is 4.60. The molecule has 1 saturated heterocycles. The molecule has 10 heteroatoms. The maximum Gasteiger partial charge on any atom is 0.272 e. The zero-order chi connectivity index (χ0) is 32.4. The number of nitriles is 1. The standard InChI is InChI=1S/C36H32N4O5S/c1-3-17-45-32-15-14-26(19-24(32)2)34-27(22-39(38-34)28-12-8-5-9-13-28)20-30-33(25-10-6-4-7-11-25)31(21-37)36(42)40(35(30)41)29-16-18-46(43,44)23-29/h4-15,19-20,22,29H,3,16-18,23H2,1-2H3/b30-20-. The summed E-state index contributed by atoms with van der Waals surface area (Å²) in [5.41, 5.74) is 4.28. The molecule has 1 atom stereocenters. The van der Waals surface area contributed by atoms with E-state index in [0.717, 1.165) is 33.9 Å². The van der Waals surface area contributed by atoms with Crippen LogP contribution in [0.15, 0.2) is 96.2 Å². The molecule has 1 fully saturated rings. The topological polar surface area (TPSA) is 122 Å². The third kappa shape index (κ3) is 5.89. The minimum Gasteiger partial charge on any atom is -0.493 e. The van der Waals surface area contributed by atoms with Crippen LogP contribution >= 0.6 is 0 Å². The van der Waals surface area contributed by atoms with Gasteiger partial charge >= 0.3 is 0 Å². The van der Waals surface area contributed by atoms with E-state index in [4.69, 9.17) is 9.84 Å². The molecule has 0 N–H and O–H groups in total. The summed E-state index contributed by atoms with van der Waals surface area (Å²) in [5.74, 6) is -1.13. The number of nitrogens with zero attached hydrogens (tertiary/aromatic N) is 4. The minimum atomic E-state index is -3.43. The number of benzene rings is 3. The number of carbonyl (C=O) groups excluding carboxylic acids is 2. The fourth-order valence-electron chi connectivity index (χ4n) is 5.90. The molecule has 2 aliphatic rings. The lowest BCUT2D eigenvalue weighted by molar-refractivity contribution is -0.142. The molecular weight excluding hydrogens is 600 g/mol. The quantitative estimate of drug-likeness (QED) is 0.184. The van der Waals surface area contributed by atoms with E-state index in [2.05, 4.69) is 0 Å². The SMILES string of the molecule is CCCOc1ccc(-c2nn(-c3ccccc3)cc2/C=C2\C(=O)N(C3CCS(=O)(=O)C3)C(=O)C(C#N)=C2c2ccccc2)cc1C. The lowest BCUT2D eigenvalue weighted by atomic mass is 9.86. The summed E-state index contributed by atoms with van der Waals surface area (Å²) >= 11 is 0. The van der Waals surface area contributed by atoms with Crippen molar-refractivity contribution >= 4 is 33.3 Å². The van der Waals surface area contributed by atoms with E-state index in [-0.39, 0.29) is 34.6 Å². The van der Waals surface area contributed by atoms with Crippen LogP contribution in [0.1, 0.15) is 36.5 Å². The van der Waals surface area contributed by atoms with Gasteiger partial charge in [-0.25, -0.2) is 13.1 Å². The van der Waals surface area contributed by atoms with Crippen molar-refractivity contribution in [2.45, 2.75) is 32.7 Å². The van der Waals surface area contributed by atoms with Gasteiger partial charge in [-0.2, -0.15) is 10.4 Å². The Hall–Kier alpha value is -5.27. The Morgan fingerprint density at radius 3 is 2.35 bits per heavy atom. The molecule has 9 nitrogen and oxygen atoms in total. The number of rotatable bonds is 8. The highest BCUT2D eigenvalue weighted by atomic mass is 32.2. The maximum atomic E-state index is 14.4. The molecule has 46 heavy (non-hydrogen) atoms. The summed E-state index contributed by atoms with van der Waals surface area (Å²) in [4.78, 5) is 29.1. The monoisotopic (exact) mass is 632 g/mol. The summed E-state index contributed by atoms with van der Waals surface area (Å²) in [6.07, 6.45) is 4.46. The Kier molecular flexibility index (Phi) is 8.43. The van der Waals surface area contributed by atoms with Gasteiger partial charge in [-0.1, -0.05) is 55.5 Å². The lowest BCUT2D eigenvalue weighted by Crippen LogP contribution is -2.49. The van der Waals surface area contributed by atoms with Crippen LogP contribution in [0, 0.1) is 18.3 Å². The van der Waals surface area contributed by atoms with Crippen LogP contribution in [0.3, 0.4) is 0 Å². The van der Waals surface area contributed by atoms with Crippen LogP contribution in [0.25, 0.3) is 28.6 Å². The van der Waals surface area contributed by atoms with Crippen LogP contribution in [0.5, 0.6) is 5.75 Å². The number of hydrogen-bond donors (Lipinski definition) is 0. The van der Waals surface area contributed by atoms with Gasteiger partial charge in [0.15, 0.2) is 9.84 Å². The van der Waals surface area contributed by atoms with Crippen molar-refractivity contribution in [2.75, 3.05) is 18.1 Å². The fourth-order valence-corrected chi connectivity index (χ4v) is 7.60. The lowest BCUT2D eigenvalue weighted by Gasteiger charge is -2.32. The number of aryl methyl sites for hydroxylation is 1. The Balaban J connectivity index is 1.57. The molecule has 3 heterocycles. The summed E-state index contributed by atoms with van der Waals surface area (Å²) in [5, 5.41) is 15.2. The third-order valence-electron chi connectivity index (χ3n) is 8.12. The number of sulfone groups is 1. The van der Waals surface area contributed by atoms with Gasteiger partial charge in [0.2, 0.25) is 0 Å². The van der Waals surface area contributed by atoms with Crippen molar-refractivity contribution in [3.05, 3.63) is 113 Å². The smallest absolute Gasteiger partial charge is 0.272 e. The van der Waals surface area contributed by atoms with Crippen LogP contribution in [0.2, 0.25) is 0 Å². The Bertz CT molecular complexity index is 2040. The van der Waals surface area contributed by atoms with Gasteiger partial charge < -0.3 is 4.74 Å². The summed E-state index contributed by atoms with van der Waals surface area (Å²) < 4.78 is 32.4. The van der Waals surface area contributed by atoms with Gasteiger partial charge in [0.1, 0.15) is 17.4 Å². The highest BCUT2D eigenvalue weighted by Crippen LogP contribution is 2.38. The van der Waals surface area contributed by atoms with Crippen molar-refractivity contribution in [1.29, 1.82) is 5.26 Å². The van der Waals surface area contributed by atoms with Gasteiger partial charge in [0.25, 0.3) is 11.8 Å². The minimum absolute atomic E-state index is 0.111. The first-order valence-electron chi connectivity index (χ1n) is 15.1. The van der Waals surface area contributed by atoms with Crippen LogP contribution in [0.4, 0.5) is 0 Å². The zero-order valence-corrected chi connectivity index (χ0v) is 26.3. The van der Waals surface area contributed by atoms with E-state index in [9.17, 15) is 23.3 Å². The Labute approximate surface area is 268 Å². The van der Waals surface area contributed by atoms with Crippen molar-refractivity contribution in [1.82, 2.24) is 14.7 Å². The van der Waals surface area contributed by atoms with Crippen LogP contribution in [-0.2, 0) is 19.4 Å². The first-order chi connectivity index (χ1) is 22.2. The maximum absolute atomic E-state index is 14.4. The van der Waals surface area contributed by atoms with E-state index in [1.165, 1.54) is 0 Å². The van der Waals surface area contributed by atoms with Crippen LogP contribution in [-0.4, -0.2) is 59.1 Å². The molecule has 1 unspecified atom stereocenters. The van der Waals surface area contributed by atoms with E-state index in [0.29, 0.717) is 23.4 Å². The van der Waals surface area contributed by atoms with Crippen molar-refractivity contribution in [2.24, 2.45) is 0 Å². The number of hydrogen-bond acceptors (Lipinski definition) is 7. The molecule has 4 aromatic rings. The second-order valence-corrected chi connectivity index (χ2v) is 13.6. The molecule has 1 aromatic heterocycles. The van der Waals surface area contributed by atoms with Gasteiger partial charge in [0.05, 0.1) is 41.1 Å². The van der Waals surface area contributed by atoms with Crippen molar-refractivity contribution in [3.63, 3.8) is 0 Å². The highest BCUT2D eigenvalue weighted by Gasteiger charge is 2.45. The summed E-state index contributed by atoms with van der Waals surface area (Å²) in [6, 6.07) is 25.3. The second-order valence-electron chi connectivity index (χ2n) is 11.4. The molecule has 0 spiro atoms. The van der Waals surface area contributed by atoms with Gasteiger partial charge in [-0.05, 0) is 67.3 Å². The third-order valence-corrected chi connectivity index (χ3v) is 9.87. The normalized spacial score (nSPS) is 18.7. The predicted octanol–water partition coefficient (Wildman–Crippen LogP) is 5.55. The van der Waals surface area contributed by atoms with Gasteiger partial charge in [-0.3, -0.25) is 14.5 Å². The average molecular weight is 633 g/mol. The number of ether oxygens (including phenoxy) is 1. The van der Waals surface area contributed by atoms with Gasteiger partial charge in [-0.15, -0.1) is 0 Å². The molecule has 6 rings (SSSR count). The Morgan fingerprint density at radius 1 is 1.00 bits per heavy atom. The molecule has 0 radical (unpaired) electrons.